The van der Waals surface area contributed by atoms with Crippen molar-refractivity contribution in [2.24, 2.45) is 5.41 Å². The van der Waals surface area contributed by atoms with E-state index >= 15 is 0 Å². The quantitative estimate of drug-likeness (QED) is 0.324. The van der Waals surface area contributed by atoms with Gasteiger partial charge in [-0.05, 0) is 62.8 Å². The van der Waals surface area contributed by atoms with Crippen LogP contribution in [0.4, 0.5) is 21.0 Å². The van der Waals surface area contributed by atoms with Crippen LogP contribution in [0.25, 0.3) is 0 Å². The molecule has 4 amide bonds. The van der Waals surface area contributed by atoms with Crippen molar-refractivity contribution in [1.82, 2.24) is 10.2 Å². The zero-order chi connectivity index (χ0) is 32.2. The summed E-state index contributed by atoms with van der Waals surface area (Å²) in [5, 5.41) is 15.4. The lowest BCUT2D eigenvalue weighted by Crippen LogP contribution is -2.47. The van der Waals surface area contributed by atoms with Crippen LogP contribution in [-0.4, -0.2) is 61.7 Å². The Morgan fingerprint density at radius 3 is 2.40 bits per heavy atom. The first-order valence-corrected chi connectivity index (χ1v) is 15.8. The molecule has 0 unspecified atom stereocenters. The van der Waals surface area contributed by atoms with E-state index in [2.05, 4.69) is 16.7 Å². The predicted molar refractivity (Wildman–Crippen MR) is 169 cm³/mol. The number of benzene rings is 2. The maximum atomic E-state index is 13.3. The summed E-state index contributed by atoms with van der Waals surface area (Å²) in [5.74, 6) is -0.748. The minimum atomic E-state index is -0.933. The summed E-state index contributed by atoms with van der Waals surface area (Å²) >= 11 is 0. The number of hydrogen-bond donors (Lipinski definition) is 2. The standard InChI is InChI=1S/C34H43N5O6/c1-3-44-31(41)34(18-20-39(21-19-34)33(43)45-24-25-10-6-4-7-11-25)17-16-30(40)37-28-22-26(23-35)14-15-29(28)38(2)32(42)36-27-12-8-5-9-13-27/h4,6-7,10-11,14-15,22,27H,3,5,8-9,12-13,16-21,24H2,1-2H3,(H,36,42)(H,37,40). The smallest absolute Gasteiger partial charge is 0.410 e. The average molecular weight is 618 g/mol. The summed E-state index contributed by atoms with van der Waals surface area (Å²) in [7, 11) is 1.63. The molecule has 2 aromatic rings. The highest BCUT2D eigenvalue weighted by atomic mass is 16.6. The molecule has 2 aliphatic rings. The van der Waals surface area contributed by atoms with E-state index in [1.807, 2.05) is 30.3 Å². The molecule has 1 aliphatic heterocycles. The number of esters is 1. The first-order valence-electron chi connectivity index (χ1n) is 15.8. The van der Waals surface area contributed by atoms with Crippen LogP contribution in [0.3, 0.4) is 0 Å². The van der Waals surface area contributed by atoms with Crippen molar-refractivity contribution in [2.75, 3.05) is 37.0 Å². The van der Waals surface area contributed by atoms with Crippen LogP contribution >= 0.6 is 0 Å². The van der Waals surface area contributed by atoms with E-state index in [0.29, 0.717) is 42.9 Å². The fourth-order valence-electron chi connectivity index (χ4n) is 5.96. The molecule has 2 fully saturated rings. The maximum absolute atomic E-state index is 13.3. The van der Waals surface area contributed by atoms with Crippen molar-refractivity contribution >= 4 is 35.4 Å². The number of nitrogens with one attached hydrogen (secondary N) is 2. The van der Waals surface area contributed by atoms with E-state index in [9.17, 15) is 24.4 Å². The Morgan fingerprint density at radius 1 is 1.02 bits per heavy atom. The number of nitriles is 1. The Bertz CT molecular complexity index is 1380. The molecule has 1 heterocycles. The molecular formula is C34H43N5O6. The summed E-state index contributed by atoms with van der Waals surface area (Å²) in [6.45, 7) is 2.69. The maximum Gasteiger partial charge on any atom is 0.410 e. The van der Waals surface area contributed by atoms with Gasteiger partial charge in [0.25, 0.3) is 0 Å². The van der Waals surface area contributed by atoms with Crippen molar-refractivity contribution in [3.8, 4) is 6.07 Å². The number of carbonyl (C=O) groups excluding carboxylic acids is 4. The van der Waals surface area contributed by atoms with Crippen LogP contribution in [-0.2, 0) is 25.7 Å². The van der Waals surface area contributed by atoms with Crippen molar-refractivity contribution in [3.05, 3.63) is 59.7 Å². The number of urea groups is 1. The molecule has 0 radical (unpaired) electrons. The van der Waals surface area contributed by atoms with E-state index in [0.717, 1.165) is 31.2 Å². The number of carbonyl (C=O) groups is 4. The Hall–Kier alpha value is -4.59. The fraction of sp³-hybridized carbons (Fsp3) is 0.500. The van der Waals surface area contributed by atoms with Gasteiger partial charge in [-0.3, -0.25) is 14.5 Å². The van der Waals surface area contributed by atoms with Crippen LogP contribution < -0.4 is 15.5 Å². The van der Waals surface area contributed by atoms with Gasteiger partial charge in [-0.1, -0.05) is 49.6 Å². The fourth-order valence-corrected chi connectivity index (χ4v) is 5.96. The van der Waals surface area contributed by atoms with Gasteiger partial charge in [0.1, 0.15) is 6.61 Å². The van der Waals surface area contributed by atoms with Gasteiger partial charge in [0.05, 0.1) is 35.0 Å². The second-order valence-corrected chi connectivity index (χ2v) is 11.8. The van der Waals surface area contributed by atoms with Gasteiger partial charge in [0.15, 0.2) is 0 Å². The largest absolute Gasteiger partial charge is 0.466 e. The molecule has 45 heavy (non-hydrogen) atoms. The molecular weight excluding hydrogens is 574 g/mol. The van der Waals surface area contributed by atoms with Crippen molar-refractivity contribution in [3.63, 3.8) is 0 Å². The molecule has 11 heteroatoms. The third-order valence-corrected chi connectivity index (χ3v) is 8.72. The third kappa shape index (κ3) is 8.97. The first kappa shape index (κ1) is 33.3. The monoisotopic (exact) mass is 617 g/mol. The number of amides is 4. The van der Waals surface area contributed by atoms with Crippen LogP contribution in [0.2, 0.25) is 0 Å². The van der Waals surface area contributed by atoms with E-state index in [-0.39, 0.29) is 50.0 Å². The van der Waals surface area contributed by atoms with Gasteiger partial charge in [0, 0.05) is 32.6 Å². The molecule has 0 atom stereocenters. The van der Waals surface area contributed by atoms with Gasteiger partial charge in [-0.2, -0.15) is 5.26 Å². The molecule has 1 saturated carbocycles. The summed E-state index contributed by atoms with van der Waals surface area (Å²) in [4.78, 5) is 55.2. The minimum Gasteiger partial charge on any atom is -0.466 e. The molecule has 2 aromatic carbocycles. The highest BCUT2D eigenvalue weighted by Gasteiger charge is 2.44. The third-order valence-electron chi connectivity index (χ3n) is 8.72. The van der Waals surface area contributed by atoms with E-state index < -0.39 is 11.5 Å². The van der Waals surface area contributed by atoms with Gasteiger partial charge >= 0.3 is 18.1 Å². The normalized spacial score (nSPS) is 16.2. The second kappa shape index (κ2) is 15.9. The predicted octanol–water partition coefficient (Wildman–Crippen LogP) is 5.74. The summed E-state index contributed by atoms with van der Waals surface area (Å²) in [6, 6.07) is 16.1. The Morgan fingerprint density at radius 2 is 1.73 bits per heavy atom. The Labute approximate surface area is 264 Å². The number of rotatable bonds is 10. The van der Waals surface area contributed by atoms with E-state index in [4.69, 9.17) is 9.47 Å². The van der Waals surface area contributed by atoms with E-state index in [1.165, 1.54) is 17.4 Å². The zero-order valence-electron chi connectivity index (χ0n) is 26.2. The first-order chi connectivity index (χ1) is 21.7. The van der Waals surface area contributed by atoms with Crippen molar-refractivity contribution in [2.45, 2.75) is 77.4 Å². The SMILES string of the molecule is CCOC(=O)C1(CCC(=O)Nc2cc(C#N)ccc2N(C)C(=O)NC2CCCCC2)CCN(C(=O)OCc2ccccc2)CC1. The zero-order valence-corrected chi connectivity index (χ0v) is 26.2. The number of ether oxygens (including phenoxy) is 2. The van der Waals surface area contributed by atoms with E-state index in [1.54, 1.807) is 31.0 Å². The Kier molecular flexibility index (Phi) is 11.8. The van der Waals surface area contributed by atoms with Crippen LogP contribution in [0, 0.1) is 16.7 Å². The molecule has 4 rings (SSSR count). The van der Waals surface area contributed by atoms with Gasteiger partial charge in [0.2, 0.25) is 5.91 Å². The minimum absolute atomic E-state index is 0.00543. The van der Waals surface area contributed by atoms with Crippen LogP contribution in [0.5, 0.6) is 0 Å². The average Bonchev–Trinajstić information content (AvgIpc) is 3.07. The van der Waals surface area contributed by atoms with Gasteiger partial charge in [-0.15, -0.1) is 0 Å². The van der Waals surface area contributed by atoms with Crippen LogP contribution in [0.15, 0.2) is 48.5 Å². The van der Waals surface area contributed by atoms with Crippen molar-refractivity contribution in [1.29, 1.82) is 5.26 Å². The molecule has 11 nitrogen and oxygen atoms in total. The number of anilines is 2. The lowest BCUT2D eigenvalue weighted by molar-refractivity contribution is -0.159. The molecule has 240 valence electrons. The molecule has 2 N–H and O–H groups in total. The Balaban J connectivity index is 1.38. The van der Waals surface area contributed by atoms with Gasteiger partial charge < -0.3 is 25.0 Å². The molecule has 0 bridgehead atoms. The number of nitrogens with zero attached hydrogens (tertiary/aromatic N) is 3. The second-order valence-electron chi connectivity index (χ2n) is 11.8. The lowest BCUT2D eigenvalue weighted by Gasteiger charge is -2.39. The topological polar surface area (TPSA) is 141 Å². The molecule has 0 aromatic heterocycles. The highest BCUT2D eigenvalue weighted by Crippen LogP contribution is 2.38. The summed E-state index contributed by atoms with van der Waals surface area (Å²) in [6.07, 6.45) is 5.64. The molecule has 0 spiro atoms. The number of hydrogen-bond acceptors (Lipinski definition) is 7. The molecule has 1 aliphatic carbocycles. The molecule has 1 saturated heterocycles. The lowest BCUT2D eigenvalue weighted by atomic mass is 9.74. The number of likely N-dealkylation sites (tertiary alicyclic amines) is 1. The van der Waals surface area contributed by atoms with Crippen LogP contribution in [0.1, 0.15) is 75.8 Å². The van der Waals surface area contributed by atoms with Crippen molar-refractivity contribution < 1.29 is 28.7 Å². The summed E-state index contributed by atoms with van der Waals surface area (Å²) < 4.78 is 10.9. The summed E-state index contributed by atoms with van der Waals surface area (Å²) in [5.41, 5.74) is 1.08. The highest BCUT2D eigenvalue weighted by molar-refractivity contribution is 6.00. The number of piperidine rings is 1. The van der Waals surface area contributed by atoms with Gasteiger partial charge in [-0.25, -0.2) is 9.59 Å².